The van der Waals surface area contributed by atoms with E-state index in [4.69, 9.17) is 15.9 Å². The number of benzene rings is 2. The average molecular weight is 287 g/mol. The van der Waals surface area contributed by atoms with Crippen LogP contribution in [0.5, 0.6) is 5.75 Å². The minimum absolute atomic E-state index is 0.0106. The van der Waals surface area contributed by atoms with Crippen molar-refractivity contribution in [3.8, 4) is 5.75 Å². The van der Waals surface area contributed by atoms with Crippen molar-refractivity contribution in [1.29, 1.82) is 5.41 Å². The van der Waals surface area contributed by atoms with Crippen LogP contribution in [0.2, 0.25) is 0 Å². The van der Waals surface area contributed by atoms with Crippen LogP contribution in [0.15, 0.2) is 42.5 Å². The lowest BCUT2D eigenvalue weighted by Gasteiger charge is -2.22. The monoisotopic (exact) mass is 287 g/mol. The third kappa shape index (κ3) is 3.13. The van der Waals surface area contributed by atoms with Gasteiger partial charge in [0.2, 0.25) is 0 Å². The van der Waals surface area contributed by atoms with Gasteiger partial charge in [0.05, 0.1) is 7.11 Å². The zero-order valence-corrected chi connectivity index (χ0v) is 12.1. The number of rotatable bonds is 5. The van der Waals surface area contributed by atoms with Crippen LogP contribution in [0.25, 0.3) is 0 Å². The van der Waals surface area contributed by atoms with Gasteiger partial charge in [0.25, 0.3) is 0 Å². The Morgan fingerprint density at radius 2 is 1.95 bits per heavy atom. The largest absolute Gasteiger partial charge is 0.494 e. The number of hydrogen-bond donors (Lipinski definition) is 2. The first-order valence-corrected chi connectivity index (χ1v) is 6.50. The van der Waals surface area contributed by atoms with Crippen molar-refractivity contribution >= 4 is 11.5 Å². The molecule has 0 aliphatic heterocycles. The lowest BCUT2D eigenvalue weighted by atomic mass is 10.1. The van der Waals surface area contributed by atoms with Gasteiger partial charge in [0, 0.05) is 30.4 Å². The summed E-state index contributed by atoms with van der Waals surface area (Å²) in [6.45, 7) is 0.354. The summed E-state index contributed by atoms with van der Waals surface area (Å²) >= 11 is 0. The second-order valence-corrected chi connectivity index (χ2v) is 4.72. The molecule has 3 N–H and O–H groups in total. The molecule has 2 rings (SSSR count). The smallest absolute Gasteiger partial charge is 0.170 e. The fourth-order valence-corrected chi connectivity index (χ4v) is 2.21. The topological polar surface area (TPSA) is 62.3 Å². The predicted molar refractivity (Wildman–Crippen MR) is 82.5 cm³/mol. The molecule has 0 aliphatic carbocycles. The maximum atomic E-state index is 14.2. The fourth-order valence-electron chi connectivity index (χ4n) is 2.21. The number of nitrogens with one attached hydrogen (secondary N) is 1. The second kappa shape index (κ2) is 6.26. The van der Waals surface area contributed by atoms with Gasteiger partial charge >= 0.3 is 0 Å². The van der Waals surface area contributed by atoms with Crippen LogP contribution in [0, 0.1) is 11.2 Å². The average Bonchev–Trinajstić information content (AvgIpc) is 2.49. The number of halogens is 1. The van der Waals surface area contributed by atoms with Crippen molar-refractivity contribution in [1.82, 2.24) is 0 Å². The van der Waals surface area contributed by atoms with E-state index in [1.807, 2.05) is 30.1 Å². The van der Waals surface area contributed by atoms with Crippen molar-refractivity contribution in [3.05, 3.63) is 59.4 Å². The minimum Gasteiger partial charge on any atom is -0.494 e. The number of nitrogens with two attached hydrogens (primary N) is 1. The lowest BCUT2D eigenvalue weighted by molar-refractivity contribution is 0.384. The Morgan fingerprint density at radius 3 is 2.62 bits per heavy atom. The summed E-state index contributed by atoms with van der Waals surface area (Å²) in [4.78, 5) is 1.86. The molecule has 0 spiro atoms. The Bertz CT molecular complexity index is 658. The van der Waals surface area contributed by atoms with E-state index in [2.05, 4.69) is 0 Å². The van der Waals surface area contributed by atoms with Crippen LogP contribution in [0.4, 0.5) is 10.1 Å². The molecule has 0 radical (unpaired) electrons. The molecular formula is C16H18FN3O. The molecule has 0 amide bonds. The molecule has 2 aromatic carbocycles. The summed E-state index contributed by atoms with van der Waals surface area (Å²) < 4.78 is 19.2. The molecule has 0 fully saturated rings. The lowest BCUT2D eigenvalue weighted by Crippen LogP contribution is -2.22. The number of ether oxygens (including phenoxy) is 1. The SMILES string of the molecule is COc1cccc(CN(C)c2ccccc2C(=N)N)c1F. The third-order valence-electron chi connectivity index (χ3n) is 3.28. The van der Waals surface area contributed by atoms with Gasteiger partial charge in [0.1, 0.15) is 5.84 Å². The summed E-state index contributed by atoms with van der Waals surface area (Å²) in [5.41, 5.74) is 7.52. The Balaban J connectivity index is 2.31. The summed E-state index contributed by atoms with van der Waals surface area (Å²) in [5.74, 6) is -0.156. The zero-order valence-electron chi connectivity index (χ0n) is 12.1. The Hall–Kier alpha value is -2.56. The maximum absolute atomic E-state index is 14.2. The molecule has 0 saturated heterocycles. The van der Waals surface area contributed by atoms with Crippen LogP contribution in [-0.4, -0.2) is 20.0 Å². The molecule has 0 heterocycles. The van der Waals surface area contributed by atoms with Gasteiger partial charge in [-0.1, -0.05) is 24.3 Å². The highest BCUT2D eigenvalue weighted by molar-refractivity contribution is 6.00. The van der Waals surface area contributed by atoms with Crippen LogP contribution in [-0.2, 0) is 6.54 Å². The molecule has 0 atom stereocenters. The number of hydrogen-bond acceptors (Lipinski definition) is 3. The fraction of sp³-hybridized carbons (Fsp3) is 0.188. The molecule has 0 aromatic heterocycles. The van der Waals surface area contributed by atoms with Gasteiger partial charge in [-0.25, -0.2) is 4.39 Å². The molecule has 0 aliphatic rings. The quantitative estimate of drug-likeness (QED) is 0.656. The number of methoxy groups -OCH3 is 1. The van der Waals surface area contributed by atoms with E-state index in [1.54, 1.807) is 24.3 Å². The maximum Gasteiger partial charge on any atom is 0.170 e. The molecular weight excluding hydrogens is 269 g/mol. The Morgan fingerprint density at radius 1 is 1.24 bits per heavy atom. The molecule has 4 nitrogen and oxygen atoms in total. The molecule has 0 bridgehead atoms. The highest BCUT2D eigenvalue weighted by atomic mass is 19.1. The summed E-state index contributed by atoms with van der Waals surface area (Å²) in [5, 5.41) is 7.61. The summed E-state index contributed by atoms with van der Waals surface area (Å²) in [7, 11) is 3.28. The summed E-state index contributed by atoms with van der Waals surface area (Å²) in [6.07, 6.45) is 0. The van der Waals surface area contributed by atoms with Gasteiger partial charge < -0.3 is 15.4 Å². The van der Waals surface area contributed by atoms with Crippen LogP contribution in [0.1, 0.15) is 11.1 Å². The van der Waals surface area contributed by atoms with Crippen LogP contribution < -0.4 is 15.4 Å². The molecule has 110 valence electrons. The molecule has 2 aromatic rings. The normalized spacial score (nSPS) is 10.2. The Labute approximate surface area is 123 Å². The van der Waals surface area contributed by atoms with Crippen LogP contribution >= 0.6 is 0 Å². The standard InChI is InChI=1S/C16H18FN3O/c1-20(13-8-4-3-7-12(13)16(18)19)10-11-6-5-9-14(21-2)15(11)17/h3-9H,10H2,1-2H3,(H3,18,19). The van der Waals surface area contributed by atoms with E-state index in [0.29, 0.717) is 17.7 Å². The van der Waals surface area contributed by atoms with Gasteiger partial charge in [-0.3, -0.25) is 5.41 Å². The number of amidine groups is 1. The molecule has 0 unspecified atom stereocenters. The minimum atomic E-state index is -0.368. The highest BCUT2D eigenvalue weighted by Gasteiger charge is 2.13. The second-order valence-electron chi connectivity index (χ2n) is 4.72. The van der Waals surface area contributed by atoms with Gasteiger partial charge in [0.15, 0.2) is 11.6 Å². The Kier molecular flexibility index (Phi) is 4.42. The zero-order chi connectivity index (χ0) is 15.4. The van der Waals surface area contributed by atoms with E-state index >= 15 is 0 Å². The van der Waals surface area contributed by atoms with Crippen molar-refractivity contribution in [3.63, 3.8) is 0 Å². The van der Waals surface area contributed by atoms with E-state index in [9.17, 15) is 4.39 Å². The van der Waals surface area contributed by atoms with Crippen molar-refractivity contribution in [2.24, 2.45) is 5.73 Å². The predicted octanol–water partition coefficient (Wildman–Crippen LogP) is 2.75. The van der Waals surface area contributed by atoms with E-state index < -0.39 is 0 Å². The first-order chi connectivity index (χ1) is 10.0. The van der Waals surface area contributed by atoms with E-state index in [1.165, 1.54) is 7.11 Å². The van der Waals surface area contributed by atoms with Crippen LogP contribution in [0.3, 0.4) is 0 Å². The van der Waals surface area contributed by atoms with Gasteiger partial charge in [-0.15, -0.1) is 0 Å². The summed E-state index contributed by atoms with van der Waals surface area (Å²) in [6, 6.07) is 12.4. The first kappa shape index (κ1) is 14.8. The van der Waals surface area contributed by atoms with Gasteiger partial charge in [-0.05, 0) is 18.2 Å². The van der Waals surface area contributed by atoms with Crippen molar-refractivity contribution < 1.29 is 9.13 Å². The number of para-hydroxylation sites is 1. The molecule has 21 heavy (non-hydrogen) atoms. The molecule has 0 saturated carbocycles. The van der Waals surface area contributed by atoms with Gasteiger partial charge in [-0.2, -0.15) is 0 Å². The highest BCUT2D eigenvalue weighted by Crippen LogP contribution is 2.24. The molecule has 5 heteroatoms. The number of anilines is 1. The van der Waals surface area contributed by atoms with E-state index in [0.717, 1.165) is 5.69 Å². The number of nitrogen functional groups attached to an aromatic ring is 1. The first-order valence-electron chi connectivity index (χ1n) is 6.50. The third-order valence-corrected chi connectivity index (χ3v) is 3.28. The van der Waals surface area contributed by atoms with Crippen molar-refractivity contribution in [2.45, 2.75) is 6.54 Å². The number of nitrogens with zero attached hydrogens (tertiary/aromatic N) is 1. The van der Waals surface area contributed by atoms with E-state index in [-0.39, 0.29) is 17.4 Å². The van der Waals surface area contributed by atoms with Crippen molar-refractivity contribution in [2.75, 3.05) is 19.1 Å².